The highest BCUT2D eigenvalue weighted by Crippen LogP contribution is 2.62. The minimum absolute atomic E-state index is 0.348. The fourth-order valence-electron chi connectivity index (χ4n) is 2.68. The molecule has 1 aromatic heterocycles. The standard InChI is InChI=1S/C21H22Cl2NO2P/c1-15-12-13-20(25-15)27(21(2,3)4,24-19-11-6-5-10-18(19)23)26-17-9-7-8-16(22)14-17/h5-14H,1-4H3. The molecule has 0 aliphatic heterocycles. The molecule has 3 aromatic rings. The van der Waals surface area contributed by atoms with E-state index in [0.29, 0.717) is 27.0 Å². The van der Waals surface area contributed by atoms with Crippen molar-refractivity contribution < 1.29 is 8.94 Å². The molecule has 0 fully saturated rings. The van der Waals surface area contributed by atoms with Crippen molar-refractivity contribution in [1.29, 1.82) is 0 Å². The third-order valence-corrected chi connectivity index (χ3v) is 8.25. The molecule has 0 spiro atoms. The van der Waals surface area contributed by atoms with Gasteiger partial charge in [0.1, 0.15) is 11.5 Å². The molecule has 3 rings (SSSR count). The van der Waals surface area contributed by atoms with Gasteiger partial charge in [0.25, 0.3) is 0 Å². The lowest BCUT2D eigenvalue weighted by molar-refractivity contribution is 0.527. The van der Waals surface area contributed by atoms with Crippen LogP contribution in [-0.2, 0) is 0 Å². The van der Waals surface area contributed by atoms with Crippen molar-refractivity contribution in [2.75, 3.05) is 0 Å². The third kappa shape index (κ3) is 4.27. The van der Waals surface area contributed by atoms with Crippen LogP contribution in [0.5, 0.6) is 5.75 Å². The van der Waals surface area contributed by atoms with E-state index in [4.69, 9.17) is 36.9 Å². The highest BCUT2D eigenvalue weighted by atomic mass is 35.5. The highest BCUT2D eigenvalue weighted by molar-refractivity contribution is 7.70. The van der Waals surface area contributed by atoms with E-state index in [1.165, 1.54) is 0 Å². The van der Waals surface area contributed by atoms with Crippen LogP contribution in [0.15, 0.2) is 69.8 Å². The van der Waals surface area contributed by atoms with Gasteiger partial charge in [-0.15, -0.1) is 0 Å². The molecule has 0 saturated heterocycles. The topological polar surface area (TPSA) is 34.7 Å². The van der Waals surface area contributed by atoms with Gasteiger partial charge < -0.3 is 8.94 Å². The molecule has 27 heavy (non-hydrogen) atoms. The van der Waals surface area contributed by atoms with Gasteiger partial charge in [-0.3, -0.25) is 0 Å². The van der Waals surface area contributed by atoms with E-state index in [1.807, 2.05) is 61.5 Å². The number of rotatable bonds is 4. The lowest BCUT2D eigenvalue weighted by Crippen LogP contribution is -2.26. The maximum absolute atomic E-state index is 6.61. The molecule has 3 nitrogen and oxygen atoms in total. The smallest absolute Gasteiger partial charge is 0.207 e. The second-order valence-corrected chi connectivity index (χ2v) is 11.4. The molecule has 142 valence electrons. The van der Waals surface area contributed by atoms with Gasteiger partial charge >= 0.3 is 0 Å². The molecular weight excluding hydrogens is 400 g/mol. The normalized spacial score (nSPS) is 13.9. The number of hydrogen-bond donors (Lipinski definition) is 0. The summed E-state index contributed by atoms with van der Waals surface area (Å²) in [7, 11) is -2.69. The first kappa shape index (κ1) is 20.1. The Morgan fingerprint density at radius 1 is 0.963 bits per heavy atom. The Morgan fingerprint density at radius 3 is 2.30 bits per heavy atom. The van der Waals surface area contributed by atoms with Gasteiger partial charge in [-0.25, -0.2) is 4.74 Å². The van der Waals surface area contributed by atoms with Crippen molar-refractivity contribution in [2.45, 2.75) is 32.9 Å². The zero-order chi connectivity index (χ0) is 19.7. The van der Waals surface area contributed by atoms with Crippen molar-refractivity contribution in [3.63, 3.8) is 0 Å². The third-order valence-electron chi connectivity index (χ3n) is 4.07. The summed E-state index contributed by atoms with van der Waals surface area (Å²) in [6.07, 6.45) is 0. The SMILES string of the molecule is Cc1ccc(P(=Nc2ccccc2Cl)(Oc2cccc(Cl)c2)C(C)(C)C)o1. The number of hydrogen-bond acceptors (Lipinski definition) is 3. The average molecular weight is 422 g/mol. The molecule has 0 bridgehead atoms. The van der Waals surface area contributed by atoms with Gasteiger partial charge in [-0.2, -0.15) is 0 Å². The minimum Gasteiger partial charge on any atom is -0.457 e. The monoisotopic (exact) mass is 421 g/mol. The van der Waals surface area contributed by atoms with Gasteiger partial charge in [0, 0.05) is 10.2 Å². The second-order valence-electron chi connectivity index (χ2n) is 7.23. The van der Waals surface area contributed by atoms with Gasteiger partial charge in [0.05, 0.1) is 10.7 Å². The summed E-state index contributed by atoms with van der Waals surface area (Å²) in [5.41, 5.74) is 1.39. The number of benzene rings is 2. The lowest BCUT2D eigenvalue weighted by Gasteiger charge is -2.35. The fourth-order valence-corrected chi connectivity index (χ4v) is 6.00. The maximum atomic E-state index is 6.61. The van der Waals surface area contributed by atoms with Crippen LogP contribution in [0, 0.1) is 6.92 Å². The summed E-state index contributed by atoms with van der Waals surface area (Å²) >= 11 is 12.6. The first-order valence-electron chi connectivity index (χ1n) is 8.60. The van der Waals surface area contributed by atoms with Crippen LogP contribution in [0.4, 0.5) is 5.69 Å². The fraction of sp³-hybridized carbons (Fsp3) is 0.238. The number of halogens is 2. The predicted octanol–water partition coefficient (Wildman–Crippen LogP) is 7.85. The largest absolute Gasteiger partial charge is 0.457 e. The molecule has 0 amide bonds. The lowest BCUT2D eigenvalue weighted by atomic mass is 10.3. The molecule has 2 aromatic carbocycles. The summed E-state index contributed by atoms with van der Waals surface area (Å²) in [5, 5.41) is 0.829. The Balaban J connectivity index is 2.31. The molecule has 1 unspecified atom stereocenters. The minimum atomic E-state index is -2.69. The van der Waals surface area contributed by atoms with E-state index >= 15 is 0 Å². The van der Waals surface area contributed by atoms with Crippen LogP contribution >= 0.6 is 30.5 Å². The van der Waals surface area contributed by atoms with E-state index in [-0.39, 0.29) is 5.16 Å². The summed E-state index contributed by atoms with van der Waals surface area (Å²) < 4.78 is 17.7. The first-order chi connectivity index (χ1) is 12.7. The van der Waals surface area contributed by atoms with E-state index in [9.17, 15) is 0 Å². The summed E-state index contributed by atoms with van der Waals surface area (Å²) in [6.45, 7) is 8.21. The van der Waals surface area contributed by atoms with Crippen molar-refractivity contribution in [3.05, 3.63) is 76.5 Å². The Labute approximate surface area is 170 Å². The van der Waals surface area contributed by atoms with E-state index in [0.717, 1.165) is 5.76 Å². The Bertz CT molecular complexity index is 1010. The summed E-state index contributed by atoms with van der Waals surface area (Å²) in [6, 6.07) is 18.7. The van der Waals surface area contributed by atoms with Gasteiger partial charge in [-0.05, 0) is 49.4 Å². The Kier molecular flexibility index (Phi) is 5.76. The predicted molar refractivity (Wildman–Crippen MR) is 115 cm³/mol. The molecule has 0 aliphatic rings. The number of nitrogens with zero attached hydrogens (tertiary/aromatic N) is 1. The van der Waals surface area contributed by atoms with Crippen LogP contribution in [0.25, 0.3) is 0 Å². The van der Waals surface area contributed by atoms with Crippen molar-refractivity contribution in [2.24, 2.45) is 4.74 Å². The summed E-state index contributed by atoms with van der Waals surface area (Å²) in [4.78, 5) is 0. The first-order valence-corrected chi connectivity index (χ1v) is 11.0. The molecule has 1 atom stereocenters. The molecule has 6 heteroatoms. The van der Waals surface area contributed by atoms with Crippen molar-refractivity contribution >= 4 is 41.7 Å². The maximum Gasteiger partial charge on any atom is 0.207 e. The van der Waals surface area contributed by atoms with E-state index in [2.05, 4.69) is 20.8 Å². The average Bonchev–Trinajstić information content (AvgIpc) is 3.02. The van der Waals surface area contributed by atoms with Crippen LogP contribution in [0.1, 0.15) is 26.5 Å². The molecule has 0 saturated carbocycles. The van der Waals surface area contributed by atoms with Crippen LogP contribution in [0.3, 0.4) is 0 Å². The van der Waals surface area contributed by atoms with Gasteiger partial charge in [-0.1, -0.05) is 62.2 Å². The highest BCUT2D eigenvalue weighted by Gasteiger charge is 2.41. The molecule has 0 N–H and O–H groups in total. The molecular formula is C21H22Cl2NO2P. The van der Waals surface area contributed by atoms with E-state index in [1.54, 1.807) is 6.07 Å². The van der Waals surface area contributed by atoms with Gasteiger partial charge in [0.2, 0.25) is 7.28 Å². The summed E-state index contributed by atoms with van der Waals surface area (Å²) in [5.74, 6) is 1.46. The number of furan rings is 1. The van der Waals surface area contributed by atoms with Crippen molar-refractivity contribution in [3.8, 4) is 5.75 Å². The van der Waals surface area contributed by atoms with Crippen LogP contribution in [-0.4, -0.2) is 5.16 Å². The quantitative estimate of drug-likeness (QED) is 0.402. The molecule has 0 aliphatic carbocycles. The zero-order valence-electron chi connectivity index (χ0n) is 15.7. The van der Waals surface area contributed by atoms with Crippen molar-refractivity contribution in [1.82, 2.24) is 0 Å². The molecule has 0 radical (unpaired) electrons. The Hall–Kier alpha value is -1.67. The Morgan fingerprint density at radius 2 is 1.70 bits per heavy atom. The zero-order valence-corrected chi connectivity index (χ0v) is 18.1. The van der Waals surface area contributed by atoms with Gasteiger partial charge in [0.15, 0.2) is 5.50 Å². The molecule has 1 heterocycles. The second kappa shape index (κ2) is 7.75. The number of aryl methyl sites for hydroxylation is 1. The van der Waals surface area contributed by atoms with E-state index < -0.39 is 7.28 Å². The van der Waals surface area contributed by atoms with Crippen LogP contribution < -0.4 is 10.0 Å². The van der Waals surface area contributed by atoms with Crippen LogP contribution in [0.2, 0.25) is 10.0 Å².